The predicted octanol–water partition coefficient (Wildman–Crippen LogP) is 3.58. The van der Waals surface area contributed by atoms with Crippen LogP contribution in [0, 0.1) is 0 Å². The maximum absolute atomic E-state index is 12.5. The van der Waals surface area contributed by atoms with Crippen LogP contribution in [0.1, 0.15) is 15.4 Å². The monoisotopic (exact) mass is 284 g/mol. The molecule has 5 heteroatoms. The van der Waals surface area contributed by atoms with Crippen molar-refractivity contribution in [2.75, 3.05) is 4.90 Å². The van der Waals surface area contributed by atoms with Gasteiger partial charge in [-0.25, -0.2) is 4.98 Å². The Labute approximate surface area is 120 Å². The molecule has 0 saturated heterocycles. The second-order valence-electron chi connectivity index (χ2n) is 4.14. The van der Waals surface area contributed by atoms with Crippen LogP contribution in [0.3, 0.4) is 0 Å². The molecule has 0 aliphatic carbocycles. The van der Waals surface area contributed by atoms with Crippen molar-refractivity contribution in [3.8, 4) is 0 Å². The lowest BCUT2D eigenvalue weighted by molar-refractivity contribution is 0.0958. The number of furan rings is 1. The molecule has 3 aromatic heterocycles. The van der Waals surface area contributed by atoms with Crippen LogP contribution in [0.5, 0.6) is 0 Å². The van der Waals surface area contributed by atoms with Crippen molar-refractivity contribution < 1.29 is 9.21 Å². The van der Waals surface area contributed by atoms with Gasteiger partial charge in [-0.2, -0.15) is 0 Å². The number of aromatic nitrogens is 1. The predicted molar refractivity (Wildman–Crippen MR) is 77.8 cm³/mol. The van der Waals surface area contributed by atoms with Gasteiger partial charge < -0.3 is 4.42 Å². The molecule has 3 heterocycles. The largest absolute Gasteiger partial charge is 0.459 e. The summed E-state index contributed by atoms with van der Waals surface area (Å²) < 4.78 is 5.20. The number of hydrogen-bond donors (Lipinski definition) is 0. The average Bonchev–Trinajstić information content (AvgIpc) is 3.18. The number of carbonyl (C=O) groups excluding carboxylic acids is 1. The van der Waals surface area contributed by atoms with Crippen molar-refractivity contribution in [2.24, 2.45) is 0 Å². The second-order valence-corrected chi connectivity index (χ2v) is 5.17. The van der Waals surface area contributed by atoms with E-state index in [0.717, 1.165) is 4.88 Å². The first-order chi connectivity index (χ1) is 9.84. The Bertz CT molecular complexity index is 663. The van der Waals surface area contributed by atoms with Crippen LogP contribution in [-0.2, 0) is 6.54 Å². The molecule has 20 heavy (non-hydrogen) atoms. The van der Waals surface area contributed by atoms with Crippen molar-refractivity contribution in [3.05, 3.63) is 70.9 Å². The molecule has 0 fully saturated rings. The Hall–Kier alpha value is -2.40. The van der Waals surface area contributed by atoms with Crippen molar-refractivity contribution in [2.45, 2.75) is 6.54 Å². The number of thiophene rings is 1. The highest BCUT2D eigenvalue weighted by Gasteiger charge is 2.21. The van der Waals surface area contributed by atoms with Gasteiger partial charge in [0, 0.05) is 11.1 Å². The van der Waals surface area contributed by atoms with E-state index in [9.17, 15) is 4.79 Å². The molecule has 0 aliphatic heterocycles. The Morgan fingerprint density at radius 3 is 2.80 bits per heavy atom. The van der Waals surface area contributed by atoms with Crippen molar-refractivity contribution in [3.63, 3.8) is 0 Å². The molecule has 0 aromatic carbocycles. The molecule has 0 bridgehead atoms. The van der Waals surface area contributed by atoms with Crippen molar-refractivity contribution >= 4 is 23.1 Å². The van der Waals surface area contributed by atoms with Gasteiger partial charge in [-0.15, -0.1) is 11.3 Å². The summed E-state index contributed by atoms with van der Waals surface area (Å²) in [6, 6.07) is 12.8. The molecule has 0 N–H and O–H groups in total. The highest BCUT2D eigenvalue weighted by atomic mass is 32.1. The summed E-state index contributed by atoms with van der Waals surface area (Å²) in [5, 5.41) is 1.99. The van der Waals surface area contributed by atoms with Crippen LogP contribution in [-0.4, -0.2) is 10.9 Å². The van der Waals surface area contributed by atoms with Crippen LogP contribution < -0.4 is 4.90 Å². The van der Waals surface area contributed by atoms with E-state index < -0.39 is 0 Å². The molecular formula is C15H12N2O2S. The smallest absolute Gasteiger partial charge is 0.295 e. The third-order valence-electron chi connectivity index (χ3n) is 2.80. The maximum Gasteiger partial charge on any atom is 0.295 e. The minimum atomic E-state index is -0.192. The fraction of sp³-hybridized carbons (Fsp3) is 0.0667. The molecule has 1 amide bonds. The van der Waals surface area contributed by atoms with Crippen LogP contribution in [0.25, 0.3) is 0 Å². The quantitative estimate of drug-likeness (QED) is 0.735. The lowest BCUT2D eigenvalue weighted by Gasteiger charge is -2.19. The first-order valence-corrected chi connectivity index (χ1v) is 7.01. The molecular weight excluding hydrogens is 272 g/mol. The van der Waals surface area contributed by atoms with E-state index in [0.29, 0.717) is 18.1 Å². The topological polar surface area (TPSA) is 46.3 Å². The fourth-order valence-corrected chi connectivity index (χ4v) is 2.55. The van der Waals surface area contributed by atoms with Crippen molar-refractivity contribution in [1.82, 2.24) is 4.98 Å². The standard InChI is InChI=1S/C15H12N2O2S/c18-15(13-6-3-9-19-13)17(11-12-5-4-10-20-12)14-7-1-2-8-16-14/h1-10H,11H2. The number of nitrogens with zero attached hydrogens (tertiary/aromatic N) is 2. The zero-order chi connectivity index (χ0) is 13.8. The van der Waals surface area contributed by atoms with Gasteiger partial charge in [-0.3, -0.25) is 9.69 Å². The van der Waals surface area contributed by atoms with Crippen LogP contribution in [0.4, 0.5) is 5.82 Å². The third kappa shape index (κ3) is 2.62. The Morgan fingerprint density at radius 2 is 2.15 bits per heavy atom. The SMILES string of the molecule is O=C(c1ccco1)N(Cc1cccs1)c1ccccn1. The number of anilines is 1. The van der Waals surface area contributed by atoms with Gasteiger partial charge in [0.25, 0.3) is 5.91 Å². The van der Waals surface area contributed by atoms with Crippen LogP contribution in [0.2, 0.25) is 0 Å². The average molecular weight is 284 g/mol. The van der Waals surface area contributed by atoms with E-state index in [-0.39, 0.29) is 5.91 Å². The van der Waals surface area contributed by atoms with Crippen molar-refractivity contribution in [1.29, 1.82) is 0 Å². The molecule has 3 aromatic rings. The van der Waals surface area contributed by atoms with E-state index in [1.54, 1.807) is 34.6 Å². The zero-order valence-corrected chi connectivity index (χ0v) is 11.4. The van der Waals surface area contributed by atoms with Gasteiger partial charge in [0.1, 0.15) is 5.82 Å². The lowest BCUT2D eigenvalue weighted by atomic mass is 10.3. The summed E-state index contributed by atoms with van der Waals surface area (Å²) >= 11 is 1.61. The highest BCUT2D eigenvalue weighted by molar-refractivity contribution is 7.09. The second kappa shape index (κ2) is 5.71. The van der Waals surface area contributed by atoms with Crippen LogP contribution in [0.15, 0.2) is 64.7 Å². The molecule has 100 valence electrons. The van der Waals surface area contributed by atoms with E-state index in [4.69, 9.17) is 4.42 Å². The Kier molecular flexibility index (Phi) is 3.60. The molecule has 0 atom stereocenters. The molecule has 3 rings (SSSR count). The molecule has 0 unspecified atom stereocenters. The third-order valence-corrected chi connectivity index (χ3v) is 3.66. The summed E-state index contributed by atoms with van der Waals surface area (Å²) in [6.07, 6.45) is 3.17. The van der Waals surface area contributed by atoms with Gasteiger partial charge >= 0.3 is 0 Å². The van der Waals surface area contributed by atoms with Gasteiger partial charge in [-0.05, 0) is 35.7 Å². The fourth-order valence-electron chi connectivity index (χ4n) is 1.86. The molecule has 0 radical (unpaired) electrons. The molecule has 0 saturated carbocycles. The summed E-state index contributed by atoms with van der Waals surface area (Å²) in [5.41, 5.74) is 0. The first-order valence-electron chi connectivity index (χ1n) is 6.13. The molecule has 0 aliphatic rings. The summed E-state index contributed by atoms with van der Waals surface area (Å²) in [5.74, 6) is 0.733. The maximum atomic E-state index is 12.5. The van der Waals surface area contributed by atoms with Gasteiger partial charge in [0.15, 0.2) is 5.76 Å². The number of rotatable bonds is 4. The minimum Gasteiger partial charge on any atom is -0.459 e. The zero-order valence-electron chi connectivity index (χ0n) is 10.6. The van der Waals surface area contributed by atoms with E-state index >= 15 is 0 Å². The number of amides is 1. The summed E-state index contributed by atoms with van der Waals surface area (Å²) in [7, 11) is 0. The number of carbonyl (C=O) groups is 1. The first kappa shape index (κ1) is 12.6. The normalized spacial score (nSPS) is 10.4. The Morgan fingerprint density at radius 1 is 1.20 bits per heavy atom. The summed E-state index contributed by atoms with van der Waals surface area (Å²) in [4.78, 5) is 19.5. The Balaban J connectivity index is 1.93. The minimum absolute atomic E-state index is 0.192. The van der Waals surface area contributed by atoms with Crippen LogP contribution >= 0.6 is 11.3 Å². The molecule has 0 spiro atoms. The van der Waals surface area contributed by atoms with Gasteiger partial charge in [-0.1, -0.05) is 12.1 Å². The van der Waals surface area contributed by atoms with E-state index in [2.05, 4.69) is 4.98 Å². The summed E-state index contributed by atoms with van der Waals surface area (Å²) in [6.45, 7) is 0.480. The van der Waals surface area contributed by atoms with Gasteiger partial charge in [0.05, 0.1) is 12.8 Å². The highest BCUT2D eigenvalue weighted by Crippen LogP contribution is 2.20. The van der Waals surface area contributed by atoms with Gasteiger partial charge in [0.2, 0.25) is 0 Å². The van der Waals surface area contributed by atoms with E-state index in [1.165, 1.54) is 6.26 Å². The lowest BCUT2D eigenvalue weighted by Crippen LogP contribution is -2.30. The number of hydrogen-bond acceptors (Lipinski definition) is 4. The van der Waals surface area contributed by atoms with E-state index in [1.807, 2.05) is 35.7 Å². The molecule has 4 nitrogen and oxygen atoms in total. The number of pyridine rings is 1.